The average Bonchev–Trinajstić information content (AvgIpc) is 2.56. The van der Waals surface area contributed by atoms with Crippen LogP contribution in [-0.2, 0) is 11.3 Å². The number of carbonyl (C=O) groups is 1. The standard InChI is InChI=1S/C20H26N2O2/c1-16(2)24-19-11-9-18(10-12-19)21-14-13-20(23)22(3)15-17-7-5-4-6-8-17/h4-12,16,21H,13-15H2,1-3H3. The summed E-state index contributed by atoms with van der Waals surface area (Å²) in [4.78, 5) is 13.9. The largest absolute Gasteiger partial charge is 0.491 e. The van der Waals surface area contributed by atoms with Crippen molar-refractivity contribution in [2.75, 3.05) is 18.9 Å². The van der Waals surface area contributed by atoms with Gasteiger partial charge >= 0.3 is 0 Å². The van der Waals surface area contributed by atoms with E-state index in [1.54, 1.807) is 4.90 Å². The Labute approximate surface area is 144 Å². The summed E-state index contributed by atoms with van der Waals surface area (Å²) < 4.78 is 5.61. The third-order valence-corrected chi connectivity index (χ3v) is 3.58. The normalized spacial score (nSPS) is 10.5. The second-order valence-electron chi connectivity index (χ2n) is 6.10. The zero-order chi connectivity index (χ0) is 17.4. The second kappa shape index (κ2) is 8.96. The zero-order valence-electron chi connectivity index (χ0n) is 14.7. The number of benzene rings is 2. The lowest BCUT2D eigenvalue weighted by Crippen LogP contribution is -2.27. The maximum Gasteiger partial charge on any atom is 0.224 e. The molecule has 4 heteroatoms. The van der Waals surface area contributed by atoms with Crippen molar-refractivity contribution in [2.24, 2.45) is 0 Å². The molecule has 0 spiro atoms. The van der Waals surface area contributed by atoms with Gasteiger partial charge in [0.05, 0.1) is 6.10 Å². The van der Waals surface area contributed by atoms with Crippen LogP contribution in [0.15, 0.2) is 54.6 Å². The Kier molecular flexibility index (Phi) is 6.67. The predicted octanol–water partition coefficient (Wildman–Crippen LogP) is 3.93. The van der Waals surface area contributed by atoms with Crippen molar-refractivity contribution >= 4 is 11.6 Å². The van der Waals surface area contributed by atoms with Gasteiger partial charge in [-0.3, -0.25) is 4.79 Å². The van der Waals surface area contributed by atoms with Crippen molar-refractivity contribution in [1.82, 2.24) is 4.90 Å². The number of ether oxygens (including phenoxy) is 1. The molecule has 24 heavy (non-hydrogen) atoms. The maximum atomic E-state index is 12.2. The van der Waals surface area contributed by atoms with E-state index in [9.17, 15) is 4.79 Å². The molecule has 0 fully saturated rings. The molecule has 4 nitrogen and oxygen atoms in total. The molecule has 2 aromatic carbocycles. The van der Waals surface area contributed by atoms with Crippen LogP contribution in [0.5, 0.6) is 5.75 Å². The van der Waals surface area contributed by atoms with Gasteiger partial charge in [0.15, 0.2) is 0 Å². The molecular weight excluding hydrogens is 300 g/mol. The number of hydrogen-bond acceptors (Lipinski definition) is 3. The van der Waals surface area contributed by atoms with Gasteiger partial charge in [0.25, 0.3) is 0 Å². The average molecular weight is 326 g/mol. The van der Waals surface area contributed by atoms with Crippen molar-refractivity contribution in [3.05, 3.63) is 60.2 Å². The summed E-state index contributed by atoms with van der Waals surface area (Å²) >= 11 is 0. The monoisotopic (exact) mass is 326 g/mol. The van der Waals surface area contributed by atoms with E-state index in [1.807, 2.05) is 75.5 Å². The quantitative estimate of drug-likeness (QED) is 0.799. The third kappa shape index (κ3) is 5.95. The topological polar surface area (TPSA) is 41.6 Å². The minimum atomic E-state index is 0.131. The number of hydrogen-bond donors (Lipinski definition) is 1. The predicted molar refractivity (Wildman–Crippen MR) is 98.2 cm³/mol. The van der Waals surface area contributed by atoms with Gasteiger partial charge in [-0.1, -0.05) is 30.3 Å². The Morgan fingerprint density at radius 2 is 1.75 bits per heavy atom. The fourth-order valence-electron chi connectivity index (χ4n) is 2.37. The van der Waals surface area contributed by atoms with Gasteiger partial charge in [-0.05, 0) is 43.7 Å². The van der Waals surface area contributed by atoms with Crippen molar-refractivity contribution in [3.8, 4) is 5.75 Å². The van der Waals surface area contributed by atoms with E-state index in [0.29, 0.717) is 19.5 Å². The van der Waals surface area contributed by atoms with E-state index in [4.69, 9.17) is 4.74 Å². The smallest absolute Gasteiger partial charge is 0.224 e. The minimum absolute atomic E-state index is 0.131. The molecule has 128 valence electrons. The molecule has 2 rings (SSSR count). The van der Waals surface area contributed by atoms with E-state index in [0.717, 1.165) is 17.0 Å². The van der Waals surface area contributed by atoms with Gasteiger partial charge in [0.1, 0.15) is 5.75 Å². The SMILES string of the molecule is CC(C)Oc1ccc(NCCC(=O)N(C)Cc2ccccc2)cc1. The lowest BCUT2D eigenvalue weighted by atomic mass is 10.2. The van der Waals surface area contributed by atoms with Crippen molar-refractivity contribution in [2.45, 2.75) is 32.9 Å². The molecule has 0 aliphatic carbocycles. The Balaban J connectivity index is 1.73. The Morgan fingerprint density at radius 1 is 1.08 bits per heavy atom. The van der Waals surface area contributed by atoms with Gasteiger partial charge in [-0.15, -0.1) is 0 Å². The number of nitrogens with zero attached hydrogens (tertiary/aromatic N) is 1. The van der Waals surface area contributed by atoms with E-state index in [1.165, 1.54) is 0 Å². The maximum absolute atomic E-state index is 12.2. The van der Waals surface area contributed by atoms with Crippen LogP contribution in [0.25, 0.3) is 0 Å². The highest BCUT2D eigenvalue weighted by Crippen LogP contribution is 2.16. The highest BCUT2D eigenvalue weighted by molar-refractivity contribution is 5.76. The third-order valence-electron chi connectivity index (χ3n) is 3.58. The molecule has 0 aliphatic heterocycles. The molecule has 0 aromatic heterocycles. The summed E-state index contributed by atoms with van der Waals surface area (Å²) in [6.07, 6.45) is 0.634. The van der Waals surface area contributed by atoms with Crippen LogP contribution in [0, 0.1) is 0 Å². The van der Waals surface area contributed by atoms with E-state index >= 15 is 0 Å². The van der Waals surface area contributed by atoms with E-state index < -0.39 is 0 Å². The fourth-order valence-corrected chi connectivity index (χ4v) is 2.37. The van der Waals surface area contributed by atoms with Crippen LogP contribution >= 0.6 is 0 Å². The Bertz CT molecular complexity index is 624. The van der Waals surface area contributed by atoms with Gasteiger partial charge in [-0.25, -0.2) is 0 Å². The first-order chi connectivity index (χ1) is 11.5. The lowest BCUT2D eigenvalue weighted by Gasteiger charge is -2.17. The summed E-state index contributed by atoms with van der Waals surface area (Å²) in [7, 11) is 1.84. The number of carbonyl (C=O) groups excluding carboxylic acids is 1. The molecular formula is C20H26N2O2. The van der Waals surface area contributed by atoms with Crippen molar-refractivity contribution < 1.29 is 9.53 Å². The number of anilines is 1. The summed E-state index contributed by atoms with van der Waals surface area (Å²) in [5.74, 6) is 0.986. The van der Waals surface area contributed by atoms with E-state index in [-0.39, 0.29) is 12.0 Å². The number of rotatable bonds is 8. The summed E-state index contributed by atoms with van der Waals surface area (Å²) in [5.41, 5.74) is 2.13. The Morgan fingerprint density at radius 3 is 2.38 bits per heavy atom. The minimum Gasteiger partial charge on any atom is -0.491 e. The molecule has 0 bridgehead atoms. The fraction of sp³-hybridized carbons (Fsp3) is 0.350. The molecule has 0 atom stereocenters. The lowest BCUT2D eigenvalue weighted by molar-refractivity contribution is -0.130. The molecule has 1 amide bonds. The summed E-state index contributed by atoms with van der Waals surface area (Å²) in [6, 6.07) is 17.8. The van der Waals surface area contributed by atoms with Crippen LogP contribution in [0.2, 0.25) is 0 Å². The van der Waals surface area contributed by atoms with Crippen LogP contribution in [0.4, 0.5) is 5.69 Å². The van der Waals surface area contributed by atoms with Crippen LogP contribution in [-0.4, -0.2) is 30.5 Å². The van der Waals surface area contributed by atoms with Gasteiger partial charge in [0.2, 0.25) is 5.91 Å². The van der Waals surface area contributed by atoms with Crippen LogP contribution in [0.3, 0.4) is 0 Å². The molecule has 2 aromatic rings. The molecule has 0 unspecified atom stereocenters. The molecule has 1 N–H and O–H groups in total. The zero-order valence-corrected chi connectivity index (χ0v) is 14.7. The Hall–Kier alpha value is -2.49. The highest BCUT2D eigenvalue weighted by Gasteiger charge is 2.08. The van der Waals surface area contributed by atoms with E-state index in [2.05, 4.69) is 5.32 Å². The second-order valence-corrected chi connectivity index (χ2v) is 6.10. The first-order valence-corrected chi connectivity index (χ1v) is 8.33. The first kappa shape index (κ1) is 17.9. The first-order valence-electron chi connectivity index (χ1n) is 8.33. The van der Waals surface area contributed by atoms with Gasteiger partial charge in [0, 0.05) is 32.2 Å². The summed E-state index contributed by atoms with van der Waals surface area (Å²) in [6.45, 7) is 5.26. The van der Waals surface area contributed by atoms with Gasteiger partial charge < -0.3 is 15.0 Å². The molecule has 0 aliphatic rings. The molecule has 0 saturated heterocycles. The molecule has 0 saturated carbocycles. The van der Waals surface area contributed by atoms with Crippen molar-refractivity contribution in [3.63, 3.8) is 0 Å². The number of amides is 1. The number of nitrogens with one attached hydrogen (secondary N) is 1. The van der Waals surface area contributed by atoms with Crippen molar-refractivity contribution in [1.29, 1.82) is 0 Å². The summed E-state index contributed by atoms with van der Waals surface area (Å²) in [5, 5.41) is 3.27. The molecule has 0 heterocycles. The highest BCUT2D eigenvalue weighted by atomic mass is 16.5. The van der Waals surface area contributed by atoms with Crippen LogP contribution < -0.4 is 10.1 Å². The molecule has 0 radical (unpaired) electrons. The van der Waals surface area contributed by atoms with Crippen LogP contribution in [0.1, 0.15) is 25.8 Å². The van der Waals surface area contributed by atoms with Gasteiger partial charge in [-0.2, -0.15) is 0 Å².